The lowest BCUT2D eigenvalue weighted by Crippen LogP contribution is -2.46. The Morgan fingerprint density at radius 2 is 1.71 bits per heavy atom. The predicted molar refractivity (Wildman–Crippen MR) is 98.3 cm³/mol. The van der Waals surface area contributed by atoms with Crippen LogP contribution >= 0.6 is 0 Å². The highest BCUT2D eigenvalue weighted by atomic mass is 16.1. The van der Waals surface area contributed by atoms with Crippen LogP contribution in [0.3, 0.4) is 0 Å². The predicted octanol–water partition coefficient (Wildman–Crippen LogP) is 4.81. The lowest BCUT2D eigenvalue weighted by atomic mass is 9.74. The molecule has 1 aliphatic carbocycles. The van der Waals surface area contributed by atoms with E-state index in [0.29, 0.717) is 12.2 Å². The summed E-state index contributed by atoms with van der Waals surface area (Å²) in [6.45, 7) is 5.50. The molecule has 0 N–H and O–H groups in total. The van der Waals surface area contributed by atoms with E-state index in [4.69, 9.17) is 0 Å². The summed E-state index contributed by atoms with van der Waals surface area (Å²) in [5.41, 5.74) is 4.85. The van der Waals surface area contributed by atoms with Gasteiger partial charge in [-0.15, -0.1) is 0 Å². The molecule has 0 saturated carbocycles. The fourth-order valence-corrected chi connectivity index (χ4v) is 4.20. The minimum absolute atomic E-state index is 0.0339. The van der Waals surface area contributed by atoms with Gasteiger partial charge in [0.1, 0.15) is 0 Å². The molecule has 0 fully saturated rings. The third kappa shape index (κ3) is 2.37. The molecule has 0 radical (unpaired) electrons. The molecular weight excluding hydrogens is 294 g/mol. The van der Waals surface area contributed by atoms with Crippen LogP contribution in [0.1, 0.15) is 43.9 Å². The van der Waals surface area contributed by atoms with Crippen molar-refractivity contribution in [2.24, 2.45) is 0 Å². The Kier molecular flexibility index (Phi) is 3.56. The standard InChI is InChI=1S/C22H23NO/c1-22(2)15-23(16-9-4-3-5-10-16)21(18-12-8-14-20(18)24)17-11-6-7-13-19(17)22/h3-7,9-13,21H,8,14-15H2,1-2H3/t21-/m0/s1. The fraction of sp³-hybridized carbons (Fsp3) is 0.318. The number of ketones is 1. The van der Waals surface area contributed by atoms with Crippen molar-refractivity contribution >= 4 is 11.5 Å². The number of hydrogen-bond donors (Lipinski definition) is 0. The average Bonchev–Trinajstić information content (AvgIpc) is 3.01. The first kappa shape index (κ1) is 15.2. The smallest absolute Gasteiger partial charge is 0.161 e. The third-order valence-corrected chi connectivity index (χ3v) is 5.30. The Hall–Kier alpha value is -2.35. The molecule has 0 spiro atoms. The second kappa shape index (κ2) is 5.62. The quantitative estimate of drug-likeness (QED) is 0.792. The third-order valence-electron chi connectivity index (χ3n) is 5.30. The molecule has 122 valence electrons. The molecule has 4 rings (SSSR count). The van der Waals surface area contributed by atoms with Crippen molar-refractivity contribution < 1.29 is 4.79 Å². The minimum atomic E-state index is 0.0339. The van der Waals surface area contributed by atoms with Crippen LogP contribution in [0.25, 0.3) is 0 Å². The first-order valence-corrected chi connectivity index (χ1v) is 8.72. The average molecular weight is 317 g/mol. The Morgan fingerprint density at radius 3 is 2.42 bits per heavy atom. The second-order valence-electron chi connectivity index (χ2n) is 7.46. The summed E-state index contributed by atoms with van der Waals surface area (Å²) < 4.78 is 0. The number of anilines is 1. The van der Waals surface area contributed by atoms with Crippen molar-refractivity contribution in [3.63, 3.8) is 0 Å². The SMILES string of the molecule is CC1(C)CN(c2ccccc2)[C@H](C2=CCCC2=O)c2ccccc21. The van der Waals surface area contributed by atoms with Gasteiger partial charge in [0.15, 0.2) is 5.78 Å². The molecule has 2 aliphatic rings. The number of nitrogens with zero attached hydrogens (tertiary/aromatic N) is 1. The van der Waals surface area contributed by atoms with Gasteiger partial charge in [-0.3, -0.25) is 4.79 Å². The van der Waals surface area contributed by atoms with Crippen molar-refractivity contribution in [1.29, 1.82) is 0 Å². The van der Waals surface area contributed by atoms with E-state index in [0.717, 1.165) is 18.5 Å². The summed E-state index contributed by atoms with van der Waals surface area (Å²) in [4.78, 5) is 14.9. The van der Waals surface area contributed by atoms with Crippen molar-refractivity contribution in [1.82, 2.24) is 0 Å². The van der Waals surface area contributed by atoms with E-state index in [-0.39, 0.29) is 11.5 Å². The molecule has 1 aliphatic heterocycles. The summed E-state index contributed by atoms with van der Waals surface area (Å²) >= 11 is 0. The number of para-hydroxylation sites is 1. The van der Waals surface area contributed by atoms with Gasteiger partial charge in [-0.2, -0.15) is 0 Å². The van der Waals surface area contributed by atoms with Crippen molar-refractivity contribution in [2.75, 3.05) is 11.4 Å². The zero-order chi connectivity index (χ0) is 16.7. The van der Waals surface area contributed by atoms with Crippen molar-refractivity contribution in [2.45, 2.75) is 38.1 Å². The minimum Gasteiger partial charge on any atom is -0.359 e. The van der Waals surface area contributed by atoms with E-state index in [1.165, 1.54) is 16.8 Å². The summed E-state index contributed by atoms with van der Waals surface area (Å²) in [6.07, 6.45) is 3.68. The number of fused-ring (bicyclic) bond motifs is 1. The lowest BCUT2D eigenvalue weighted by Gasteiger charge is -2.47. The van der Waals surface area contributed by atoms with E-state index in [1.807, 2.05) is 6.07 Å². The molecule has 2 aromatic carbocycles. The van der Waals surface area contributed by atoms with Gasteiger partial charge in [0.25, 0.3) is 0 Å². The molecule has 0 unspecified atom stereocenters. The lowest BCUT2D eigenvalue weighted by molar-refractivity contribution is -0.115. The van der Waals surface area contributed by atoms with Gasteiger partial charge in [-0.05, 0) is 29.7 Å². The zero-order valence-electron chi connectivity index (χ0n) is 14.3. The largest absolute Gasteiger partial charge is 0.359 e. The van der Waals surface area contributed by atoms with Crippen LogP contribution < -0.4 is 4.90 Å². The normalized spacial score (nSPS) is 22.2. The van der Waals surface area contributed by atoms with Crippen LogP contribution in [-0.2, 0) is 10.2 Å². The molecule has 1 atom stereocenters. The van der Waals surface area contributed by atoms with Gasteiger partial charge in [-0.1, -0.05) is 62.4 Å². The molecule has 2 nitrogen and oxygen atoms in total. The maximum absolute atomic E-state index is 12.5. The number of rotatable bonds is 2. The van der Waals surface area contributed by atoms with E-state index >= 15 is 0 Å². The zero-order valence-corrected chi connectivity index (χ0v) is 14.3. The van der Waals surface area contributed by atoms with Crippen LogP contribution in [0, 0.1) is 0 Å². The Bertz CT molecular complexity index is 804. The first-order chi connectivity index (χ1) is 11.6. The second-order valence-corrected chi connectivity index (χ2v) is 7.46. The molecule has 24 heavy (non-hydrogen) atoms. The summed E-state index contributed by atoms with van der Waals surface area (Å²) in [5.74, 6) is 0.301. The topological polar surface area (TPSA) is 20.3 Å². The van der Waals surface area contributed by atoms with Crippen molar-refractivity contribution in [3.05, 3.63) is 77.4 Å². The summed E-state index contributed by atoms with van der Waals surface area (Å²) in [6, 6.07) is 19.2. The number of carbonyl (C=O) groups is 1. The molecule has 0 amide bonds. The number of Topliss-reactive ketones (excluding diaryl/α,β-unsaturated/α-hetero) is 1. The van der Waals surface area contributed by atoms with Crippen molar-refractivity contribution in [3.8, 4) is 0 Å². The highest BCUT2D eigenvalue weighted by Gasteiger charge is 2.41. The molecule has 0 saturated heterocycles. The number of carbonyl (C=O) groups excluding carboxylic acids is 1. The van der Waals surface area contributed by atoms with E-state index in [1.54, 1.807) is 0 Å². The van der Waals surface area contributed by atoms with Gasteiger partial charge < -0.3 is 4.90 Å². The molecule has 0 aromatic heterocycles. The van der Waals surface area contributed by atoms with E-state index in [9.17, 15) is 4.79 Å². The molecule has 2 heteroatoms. The monoisotopic (exact) mass is 317 g/mol. The van der Waals surface area contributed by atoms with Gasteiger partial charge >= 0.3 is 0 Å². The maximum Gasteiger partial charge on any atom is 0.161 e. The first-order valence-electron chi connectivity index (χ1n) is 8.72. The van der Waals surface area contributed by atoms with E-state index in [2.05, 4.69) is 73.4 Å². The number of allylic oxidation sites excluding steroid dienone is 1. The van der Waals surface area contributed by atoms with Gasteiger partial charge in [0, 0.05) is 29.6 Å². The Balaban J connectivity index is 1.91. The number of hydrogen-bond acceptors (Lipinski definition) is 2. The van der Waals surface area contributed by atoms with Gasteiger partial charge in [0.2, 0.25) is 0 Å². The Labute approximate surface area is 143 Å². The molecular formula is C22H23NO. The van der Waals surface area contributed by atoms with Crippen LogP contribution in [0.4, 0.5) is 5.69 Å². The maximum atomic E-state index is 12.5. The fourth-order valence-electron chi connectivity index (χ4n) is 4.20. The van der Waals surface area contributed by atoms with E-state index < -0.39 is 0 Å². The highest BCUT2D eigenvalue weighted by Crippen LogP contribution is 2.46. The summed E-state index contributed by atoms with van der Waals surface area (Å²) in [5, 5.41) is 0. The van der Waals surface area contributed by atoms with Crippen LogP contribution in [0.2, 0.25) is 0 Å². The molecule has 0 bridgehead atoms. The molecule has 1 heterocycles. The Morgan fingerprint density at radius 1 is 1.00 bits per heavy atom. The number of benzene rings is 2. The van der Waals surface area contributed by atoms with Gasteiger partial charge in [-0.25, -0.2) is 0 Å². The summed E-state index contributed by atoms with van der Waals surface area (Å²) in [7, 11) is 0. The molecule has 2 aromatic rings. The van der Waals surface area contributed by atoms with Gasteiger partial charge in [0.05, 0.1) is 6.04 Å². The van der Waals surface area contributed by atoms with Crippen LogP contribution in [-0.4, -0.2) is 12.3 Å². The van der Waals surface area contributed by atoms with Crippen LogP contribution in [0.5, 0.6) is 0 Å². The highest BCUT2D eigenvalue weighted by molar-refractivity contribution is 5.99. The van der Waals surface area contributed by atoms with Crippen LogP contribution in [0.15, 0.2) is 66.2 Å².